The van der Waals surface area contributed by atoms with Crippen molar-refractivity contribution >= 4 is 22.7 Å². The summed E-state index contributed by atoms with van der Waals surface area (Å²) in [4.78, 5) is 1.83. The van der Waals surface area contributed by atoms with Gasteiger partial charge in [0.25, 0.3) is 0 Å². The summed E-state index contributed by atoms with van der Waals surface area (Å²) in [5.74, 6) is 7.41. The molecule has 0 saturated carbocycles. The van der Waals surface area contributed by atoms with E-state index in [0.29, 0.717) is 18.9 Å². The second-order valence-corrected chi connectivity index (χ2v) is 4.21. The van der Waals surface area contributed by atoms with E-state index in [9.17, 15) is 0 Å². The van der Waals surface area contributed by atoms with Gasteiger partial charge in [0, 0.05) is 32.3 Å². The number of aliphatic hydroxyl groups is 2. The molecule has 0 aliphatic heterocycles. The molecule has 0 spiro atoms. The minimum Gasteiger partial charge on any atom is -0.395 e. The van der Waals surface area contributed by atoms with Crippen LogP contribution in [0, 0.1) is 0 Å². The van der Waals surface area contributed by atoms with Crippen molar-refractivity contribution in [2.45, 2.75) is 0 Å². The van der Waals surface area contributed by atoms with Crippen LogP contribution in [0.1, 0.15) is 0 Å². The van der Waals surface area contributed by atoms with E-state index in [0.717, 1.165) is 16.9 Å². The molecule has 7 nitrogen and oxygen atoms in total. The zero-order chi connectivity index (χ0) is 13.3. The summed E-state index contributed by atoms with van der Waals surface area (Å²) >= 11 is 0. The Labute approximate surface area is 105 Å². The summed E-state index contributed by atoms with van der Waals surface area (Å²) in [7, 11) is 1.86. The molecule has 0 aliphatic carbocycles. The molecular weight excluding hydrogens is 234 g/mol. The molecule has 6 N–H and O–H groups in total. The lowest BCUT2D eigenvalue weighted by Gasteiger charge is -2.22. The number of hydrogen-bond donors (Lipinski definition) is 4. The molecule has 0 saturated heterocycles. The fourth-order valence-corrected chi connectivity index (χ4v) is 2.13. The lowest BCUT2D eigenvalue weighted by molar-refractivity contribution is 0.280. The van der Waals surface area contributed by atoms with E-state index in [4.69, 9.17) is 21.8 Å². The summed E-state index contributed by atoms with van der Waals surface area (Å²) in [6.07, 6.45) is 0. The number of rotatable bonds is 5. The lowest BCUT2D eigenvalue weighted by atomic mass is 10.4. The van der Waals surface area contributed by atoms with E-state index in [1.54, 1.807) is 6.07 Å². The van der Waals surface area contributed by atoms with Crippen LogP contribution in [0.2, 0.25) is 0 Å². The fourth-order valence-electron chi connectivity index (χ4n) is 2.13. The van der Waals surface area contributed by atoms with Crippen molar-refractivity contribution in [2.75, 3.05) is 42.8 Å². The number of aromatic nitrogens is 2. The minimum absolute atomic E-state index is 0.00364. The number of nitrogen functional groups attached to an aromatic ring is 2. The first-order valence-corrected chi connectivity index (χ1v) is 5.78. The number of aliphatic hydroxyl groups excluding tert-OH is 2. The third-order valence-electron chi connectivity index (χ3n) is 3.13. The fraction of sp³-hybridized carbons (Fsp3) is 0.455. The van der Waals surface area contributed by atoms with Crippen molar-refractivity contribution < 1.29 is 10.2 Å². The molecule has 2 rings (SSSR count). The molecule has 0 atom stereocenters. The smallest absolute Gasteiger partial charge is 0.130 e. The third kappa shape index (κ3) is 1.87. The largest absolute Gasteiger partial charge is 0.395 e. The van der Waals surface area contributed by atoms with Crippen LogP contribution in [0.15, 0.2) is 12.1 Å². The lowest BCUT2D eigenvalue weighted by Crippen LogP contribution is -2.32. The molecule has 0 unspecified atom stereocenters. The highest BCUT2D eigenvalue weighted by molar-refractivity contribution is 5.86. The number of nitrogens with zero attached hydrogens (tertiary/aromatic N) is 3. The summed E-state index contributed by atoms with van der Waals surface area (Å²) in [5, 5.41) is 18.1. The highest BCUT2D eigenvalue weighted by Gasteiger charge is 2.16. The molecule has 100 valence electrons. The van der Waals surface area contributed by atoms with Crippen LogP contribution in [0.25, 0.3) is 11.0 Å². The Kier molecular flexibility index (Phi) is 3.35. The van der Waals surface area contributed by atoms with Crippen LogP contribution in [-0.2, 0) is 7.05 Å². The molecule has 0 bridgehead atoms. The standard InChI is InChI=1S/C11H19N5O2/c1-14-8-7-11(15(2-4-17)3-5-18)16(13)9(8)6-10(14)12/h6-7,17-18H,2-5,12-13H2,1H3. The van der Waals surface area contributed by atoms with Crippen LogP contribution >= 0.6 is 0 Å². The van der Waals surface area contributed by atoms with Crippen molar-refractivity contribution in [2.24, 2.45) is 7.05 Å². The summed E-state index contributed by atoms with van der Waals surface area (Å²) in [6.45, 7) is 0.848. The third-order valence-corrected chi connectivity index (χ3v) is 3.13. The van der Waals surface area contributed by atoms with E-state index < -0.39 is 0 Å². The summed E-state index contributed by atoms with van der Waals surface area (Å²) < 4.78 is 3.37. The Morgan fingerprint density at radius 2 is 1.78 bits per heavy atom. The number of anilines is 2. The van der Waals surface area contributed by atoms with Gasteiger partial charge in [0.05, 0.1) is 24.2 Å². The zero-order valence-corrected chi connectivity index (χ0v) is 10.4. The van der Waals surface area contributed by atoms with E-state index in [1.807, 2.05) is 22.6 Å². The molecule has 2 aromatic rings. The maximum absolute atomic E-state index is 9.04. The number of aryl methyl sites for hydroxylation is 1. The van der Waals surface area contributed by atoms with Gasteiger partial charge >= 0.3 is 0 Å². The first-order chi connectivity index (χ1) is 8.60. The van der Waals surface area contributed by atoms with E-state index in [1.165, 1.54) is 4.68 Å². The molecular formula is C11H19N5O2. The molecule has 0 radical (unpaired) electrons. The van der Waals surface area contributed by atoms with Crippen LogP contribution in [0.5, 0.6) is 0 Å². The van der Waals surface area contributed by atoms with Gasteiger partial charge in [-0.1, -0.05) is 0 Å². The van der Waals surface area contributed by atoms with Crippen LogP contribution < -0.4 is 16.5 Å². The summed E-state index contributed by atoms with van der Waals surface area (Å²) in [5.41, 5.74) is 7.56. The van der Waals surface area contributed by atoms with Gasteiger partial charge in [-0.2, -0.15) is 0 Å². The van der Waals surface area contributed by atoms with Gasteiger partial charge in [0.2, 0.25) is 0 Å². The van der Waals surface area contributed by atoms with E-state index in [-0.39, 0.29) is 13.2 Å². The molecule has 0 aliphatic rings. The quantitative estimate of drug-likeness (QED) is 0.515. The van der Waals surface area contributed by atoms with Gasteiger partial charge < -0.3 is 31.3 Å². The Morgan fingerprint density at radius 3 is 2.28 bits per heavy atom. The number of hydrogen-bond acceptors (Lipinski definition) is 5. The second kappa shape index (κ2) is 4.79. The van der Waals surface area contributed by atoms with Gasteiger partial charge in [-0.3, -0.25) is 0 Å². The molecule has 2 aromatic heterocycles. The molecule has 7 heteroatoms. The van der Waals surface area contributed by atoms with E-state index in [2.05, 4.69) is 0 Å². The van der Waals surface area contributed by atoms with Crippen LogP contribution in [0.4, 0.5) is 11.6 Å². The average Bonchev–Trinajstić information content (AvgIpc) is 2.80. The Balaban J connectivity index is 2.46. The van der Waals surface area contributed by atoms with Crippen molar-refractivity contribution in [1.82, 2.24) is 9.24 Å². The van der Waals surface area contributed by atoms with Gasteiger partial charge in [-0.15, -0.1) is 0 Å². The van der Waals surface area contributed by atoms with Crippen molar-refractivity contribution in [3.63, 3.8) is 0 Å². The predicted molar refractivity (Wildman–Crippen MR) is 71.9 cm³/mol. The van der Waals surface area contributed by atoms with E-state index >= 15 is 0 Å². The van der Waals surface area contributed by atoms with Crippen LogP contribution in [-0.4, -0.2) is 45.8 Å². The highest BCUT2D eigenvalue weighted by atomic mass is 16.3. The Hall–Kier alpha value is -1.86. The normalized spacial score (nSPS) is 11.3. The maximum atomic E-state index is 9.04. The minimum atomic E-state index is 0.00364. The molecule has 0 fully saturated rings. The molecule has 0 amide bonds. The van der Waals surface area contributed by atoms with Gasteiger partial charge in [-0.05, 0) is 0 Å². The Bertz CT molecular complexity index is 539. The van der Waals surface area contributed by atoms with Gasteiger partial charge in [0.15, 0.2) is 0 Å². The monoisotopic (exact) mass is 253 g/mol. The number of fused-ring (bicyclic) bond motifs is 1. The second-order valence-electron chi connectivity index (χ2n) is 4.21. The van der Waals surface area contributed by atoms with Gasteiger partial charge in [-0.25, -0.2) is 4.68 Å². The molecule has 18 heavy (non-hydrogen) atoms. The first-order valence-electron chi connectivity index (χ1n) is 5.78. The summed E-state index contributed by atoms with van der Waals surface area (Å²) in [6, 6.07) is 3.70. The van der Waals surface area contributed by atoms with Crippen molar-refractivity contribution in [3.05, 3.63) is 12.1 Å². The maximum Gasteiger partial charge on any atom is 0.130 e. The SMILES string of the molecule is Cn1c(N)cc2c1cc(N(CCO)CCO)n2N. The number of nitrogens with two attached hydrogens (primary N) is 2. The molecule has 2 heterocycles. The zero-order valence-electron chi connectivity index (χ0n) is 10.4. The van der Waals surface area contributed by atoms with Crippen molar-refractivity contribution in [1.29, 1.82) is 0 Å². The molecule has 0 aromatic carbocycles. The first kappa shape index (κ1) is 12.6. The average molecular weight is 253 g/mol. The van der Waals surface area contributed by atoms with Gasteiger partial charge in [0.1, 0.15) is 11.6 Å². The Morgan fingerprint density at radius 1 is 1.17 bits per heavy atom. The highest BCUT2D eigenvalue weighted by Crippen LogP contribution is 2.27. The van der Waals surface area contributed by atoms with Crippen molar-refractivity contribution in [3.8, 4) is 0 Å². The topological polar surface area (TPSA) is 106 Å². The predicted octanol–water partition coefficient (Wildman–Crippen LogP) is -0.933. The van der Waals surface area contributed by atoms with Crippen LogP contribution in [0.3, 0.4) is 0 Å².